The Morgan fingerprint density at radius 3 is 0.595 bits per heavy atom. The van der Waals surface area contributed by atoms with Crippen LogP contribution in [0.25, 0.3) is 0 Å². The van der Waals surface area contributed by atoms with Crippen molar-refractivity contribution in [1.29, 1.82) is 0 Å². The Balaban J connectivity index is -0.0000000703. The highest BCUT2D eigenvalue weighted by molar-refractivity contribution is 4.76. The molecule has 0 aromatic heterocycles. The molecule has 23 heteroatoms. The molecule has 0 fully saturated rings. The summed E-state index contributed by atoms with van der Waals surface area (Å²) in [6.07, 6.45) is 0. The van der Waals surface area contributed by atoms with Gasteiger partial charge in [-0.3, -0.25) is 40.6 Å². The molecule has 0 saturated carbocycles. The van der Waals surface area contributed by atoms with E-state index in [0.29, 0.717) is 52.5 Å². The van der Waals surface area contributed by atoms with E-state index >= 15 is 0 Å². The predicted molar refractivity (Wildman–Crippen MR) is 348 cm³/mol. The van der Waals surface area contributed by atoms with Crippen molar-refractivity contribution in [3.63, 3.8) is 0 Å². The molecule has 0 saturated heterocycles. The molecule has 508 valence electrons. The van der Waals surface area contributed by atoms with Gasteiger partial charge in [0.1, 0.15) is 53.8 Å². The number of hydrogen-bond acceptors (Lipinski definition) is 23. The maximum atomic E-state index is 9.23. The average molecular weight is 1180 g/mol. The minimum absolute atomic E-state index is 0. The second-order valence-electron chi connectivity index (χ2n) is 13.0. The lowest BCUT2D eigenvalue weighted by Gasteiger charge is -2.37. The first-order valence-electron chi connectivity index (χ1n) is 20.4. The molecule has 8 N–H and O–H groups in total. The molecule has 0 aromatic carbocycles. The van der Waals surface area contributed by atoms with Crippen LogP contribution in [0, 0.1) is 0 Å². The summed E-state index contributed by atoms with van der Waals surface area (Å²) in [6.45, 7) is 35.5. The van der Waals surface area contributed by atoms with Crippen LogP contribution in [0.3, 0.4) is 0 Å². The van der Waals surface area contributed by atoms with E-state index in [1.165, 1.54) is 0 Å². The maximum absolute atomic E-state index is 9.23. The Labute approximate surface area is 495 Å². The van der Waals surface area contributed by atoms with Crippen molar-refractivity contribution in [3.8, 4) is 0 Å². The highest BCUT2D eigenvalue weighted by Gasteiger charge is 2.25. The largest absolute Gasteiger partial charge is 0.394 e. The number of nitrogens with zero attached hydrogens (tertiary/aromatic N) is 6. The number of aliphatic hydroxyl groups is 4. The zero-order valence-electron chi connectivity index (χ0n) is 38.9. The summed E-state index contributed by atoms with van der Waals surface area (Å²) in [5.74, 6) is 0. The van der Waals surface area contributed by atoms with E-state index in [4.69, 9.17) is 44.7 Å². The smallest absolute Gasteiger partial charge is 0.137 e. The van der Waals surface area contributed by atoms with Crippen LogP contribution in [0.4, 0.5) is 0 Å². The summed E-state index contributed by atoms with van der Waals surface area (Å²) >= 11 is 0. The molecule has 4 atom stereocenters. The van der Waals surface area contributed by atoms with Crippen LogP contribution in [0.5, 0.6) is 0 Å². The van der Waals surface area contributed by atoms with Crippen molar-refractivity contribution in [2.45, 2.75) is 171 Å². The van der Waals surface area contributed by atoms with Gasteiger partial charge in [0.25, 0.3) is 0 Å². The molecular formula is C56H152N6O17. The maximum Gasteiger partial charge on any atom is 0.137 e. The fraction of sp³-hybridized carbons (Fsp3) is 0.857. The van der Waals surface area contributed by atoms with Crippen LogP contribution in [-0.2, 0) is 43.2 Å². The molecule has 0 aliphatic heterocycles. The molecule has 4 unspecified atom stereocenters. The summed E-state index contributed by atoms with van der Waals surface area (Å²) in [5.41, 5.74) is 0. The Hall–Kier alpha value is -1.96. The average Bonchev–Trinajstić information content (AvgIpc) is 3.30. The zero-order valence-corrected chi connectivity index (χ0v) is 38.9. The molecule has 0 rings (SSSR count). The molecule has 0 radical (unpaired) electrons. The lowest BCUT2D eigenvalue weighted by molar-refractivity contribution is -0.318. The Morgan fingerprint density at radius 2 is 0.443 bits per heavy atom. The summed E-state index contributed by atoms with van der Waals surface area (Å²) in [4.78, 5) is 28.4. The monoisotopic (exact) mass is 1180 g/mol. The van der Waals surface area contributed by atoms with Crippen LogP contribution in [0.15, 0.2) is 52.6 Å². The zero-order chi connectivity index (χ0) is 49.1. The van der Waals surface area contributed by atoms with Gasteiger partial charge in [-0.1, -0.05) is 119 Å². The second kappa shape index (κ2) is 115. The summed E-state index contributed by atoms with van der Waals surface area (Å²) < 4.78 is 28.6. The van der Waals surface area contributed by atoms with Gasteiger partial charge >= 0.3 is 0 Å². The summed E-state index contributed by atoms with van der Waals surface area (Å²) in [7, 11) is 0. The van der Waals surface area contributed by atoms with Gasteiger partial charge in [0, 0.05) is 63.4 Å². The first kappa shape index (κ1) is 142. The molecule has 79 heavy (non-hydrogen) atoms. The highest BCUT2D eigenvalue weighted by Crippen LogP contribution is 2.10. The fourth-order valence-corrected chi connectivity index (χ4v) is 5.41. The molecule has 0 aromatic rings. The third-order valence-corrected chi connectivity index (χ3v) is 8.55. The normalized spacial score (nSPS) is 10.5. The van der Waals surface area contributed by atoms with E-state index in [1.807, 2.05) is 37.5 Å². The molecular weight excluding hydrogens is 1030 g/mol. The number of rotatable bonds is 42. The van der Waals surface area contributed by atoms with E-state index < -0.39 is 0 Å². The van der Waals surface area contributed by atoms with Crippen LogP contribution < -0.4 is 0 Å². The SMILES string of the molecule is C.C.C.C.C.C.C.C.C.C.C.C.C.C.C.C.C=C.C=C.C=C.C=C.CC(CN(CCOCCN(CC(C)N(COCCO)COCCO)CC(C)N(COCCO)COCCO)CC(C)N(COO)COO)N(COO)COO. The third-order valence-electron chi connectivity index (χ3n) is 8.55. The van der Waals surface area contributed by atoms with Gasteiger partial charge in [0.15, 0.2) is 0 Å². The lowest BCUT2D eigenvalue weighted by Crippen LogP contribution is -2.50. The lowest BCUT2D eigenvalue weighted by atomic mass is 10.2. The molecule has 0 aliphatic carbocycles. The molecule has 0 aliphatic rings. The molecule has 0 bridgehead atoms. The first-order valence-corrected chi connectivity index (χ1v) is 20.4. The summed E-state index contributed by atoms with van der Waals surface area (Å²) in [5, 5.41) is 73.0. The van der Waals surface area contributed by atoms with E-state index in [2.05, 4.69) is 82.0 Å². The summed E-state index contributed by atoms with van der Waals surface area (Å²) in [6, 6.07) is -0.707. The van der Waals surface area contributed by atoms with Crippen LogP contribution in [-0.4, -0.2) is 254 Å². The van der Waals surface area contributed by atoms with Gasteiger partial charge in [0.05, 0.1) is 66.1 Å². The third kappa shape index (κ3) is 85.0. The van der Waals surface area contributed by atoms with Gasteiger partial charge in [-0.15, -0.1) is 52.6 Å². The van der Waals surface area contributed by atoms with Crippen molar-refractivity contribution >= 4 is 0 Å². The quantitative estimate of drug-likeness (QED) is 0.00928. The van der Waals surface area contributed by atoms with Crippen LogP contribution in [0.2, 0.25) is 0 Å². The topological polar surface area (TPSA) is 264 Å². The second-order valence-corrected chi connectivity index (χ2v) is 13.0. The Bertz CT molecular complexity index is 805. The molecule has 0 amide bonds. The van der Waals surface area contributed by atoms with Crippen molar-refractivity contribution in [2.75, 3.05) is 159 Å². The molecule has 0 spiro atoms. The van der Waals surface area contributed by atoms with Gasteiger partial charge in [-0.25, -0.2) is 29.4 Å². The van der Waals surface area contributed by atoms with Crippen molar-refractivity contribution in [1.82, 2.24) is 29.4 Å². The predicted octanol–water partition coefficient (Wildman–Crippen LogP) is 11.4. The number of aliphatic hydroxyl groups excluding tert-OH is 4. The standard InChI is InChI=1S/C32H72N6O17.4C2H4.16CH4/c1-29(35(21-48-13-7-39)22-49-14-8-40)17-33(18-30(2)36(23-50-15-9-41)24-51-16-10-42)5-11-47-12-6-34(19-31(3)37(25-52-43)26-53-44)20-32(4)38(27-54-45)28-55-46;4*1-2;;;;;;;;;;;;;;;;/h29-32,39-46H,5-28H2,1-4H3;4*1-2H2;16*1H4. The van der Waals surface area contributed by atoms with E-state index in [-0.39, 0.29) is 250 Å². The van der Waals surface area contributed by atoms with Crippen molar-refractivity contribution < 1.29 is 84.7 Å². The van der Waals surface area contributed by atoms with Crippen molar-refractivity contribution in [3.05, 3.63) is 52.6 Å². The van der Waals surface area contributed by atoms with Crippen LogP contribution >= 0.6 is 0 Å². The van der Waals surface area contributed by atoms with Crippen LogP contribution in [0.1, 0.15) is 147 Å². The number of hydrogen-bond donors (Lipinski definition) is 8. The highest BCUT2D eigenvalue weighted by atomic mass is 17.1. The van der Waals surface area contributed by atoms with Crippen molar-refractivity contribution in [2.24, 2.45) is 0 Å². The minimum atomic E-state index is -0.266. The Morgan fingerprint density at radius 1 is 0.278 bits per heavy atom. The number of ether oxygens (including phenoxy) is 5. The van der Waals surface area contributed by atoms with Gasteiger partial charge in [-0.05, 0) is 27.7 Å². The first-order chi connectivity index (χ1) is 30.6. The van der Waals surface area contributed by atoms with Gasteiger partial charge in [0.2, 0.25) is 0 Å². The molecule has 23 nitrogen and oxygen atoms in total. The van der Waals surface area contributed by atoms with E-state index in [9.17, 15) is 20.4 Å². The minimum Gasteiger partial charge on any atom is -0.394 e. The van der Waals surface area contributed by atoms with E-state index in [1.54, 1.807) is 9.80 Å². The fourth-order valence-electron chi connectivity index (χ4n) is 5.41. The molecule has 0 heterocycles. The van der Waals surface area contributed by atoms with Gasteiger partial charge < -0.3 is 44.1 Å². The Kier molecular flexibility index (Phi) is 206. The van der Waals surface area contributed by atoms with E-state index in [0.717, 1.165) is 0 Å². The van der Waals surface area contributed by atoms with Gasteiger partial charge in [-0.2, -0.15) is 0 Å².